The summed E-state index contributed by atoms with van der Waals surface area (Å²) < 4.78 is 6.78. The summed E-state index contributed by atoms with van der Waals surface area (Å²) >= 11 is 0. The number of quaternary nitrogens is 1. The molecule has 3 aliphatic carbocycles. The van der Waals surface area contributed by atoms with E-state index in [0.29, 0.717) is 18.6 Å². The third-order valence-corrected chi connectivity index (χ3v) is 8.32. The number of piperidine rings is 1. The molecule has 1 aromatic rings. The van der Waals surface area contributed by atoms with Crippen LogP contribution in [0.15, 0.2) is 12.1 Å². The number of aliphatic hydroxyl groups is 2. The van der Waals surface area contributed by atoms with Crippen LogP contribution in [0.5, 0.6) is 11.5 Å². The number of carbonyl (C=O) groups excluding carboxylic acids is 1. The van der Waals surface area contributed by atoms with Gasteiger partial charge in [-0.25, -0.2) is 0 Å². The summed E-state index contributed by atoms with van der Waals surface area (Å²) in [6.45, 7) is 1.92. The van der Waals surface area contributed by atoms with Crippen molar-refractivity contribution in [2.45, 2.75) is 61.4 Å². The second-order valence-corrected chi connectivity index (χ2v) is 9.76. The molecule has 2 aliphatic heterocycles. The molecule has 1 aromatic carbocycles. The summed E-state index contributed by atoms with van der Waals surface area (Å²) in [4.78, 5) is 12.9. The third-order valence-electron chi connectivity index (χ3n) is 8.32. The number of aromatic hydroxyl groups is 1. The predicted octanol–water partition coefficient (Wildman–Crippen LogP) is 0.641. The highest BCUT2D eigenvalue weighted by atomic mass is 16.5. The maximum Gasteiger partial charge on any atom is 0.202 e. The van der Waals surface area contributed by atoms with E-state index in [1.165, 1.54) is 12.8 Å². The number of nitrogens with zero attached hydrogens (tertiary/aromatic N) is 1. The number of ether oxygens (including phenoxy) is 1. The number of phenols is 1. The standard InChI is InChI=1S/C21H25NO5/c1-22(10-11-2-3-11)7-6-20-16-12-4-5-13(23)18(16)27-19(20)17(25)14(24)9-21(20,26)15(22)8-12/h4-5,11,14-15,19,24,26H,2-3,6-10H2,1H3/p+1/t14?,15-,19+,20+,21-,22-/m1/s1. The van der Waals surface area contributed by atoms with Gasteiger partial charge in [0.15, 0.2) is 17.6 Å². The Labute approximate surface area is 158 Å². The number of Topliss-reactive ketones (excluding diaryl/α,β-unsaturated/α-hetero) is 1. The average molecular weight is 372 g/mol. The maximum atomic E-state index is 12.9. The lowest BCUT2D eigenvalue weighted by Gasteiger charge is -2.64. The highest BCUT2D eigenvalue weighted by molar-refractivity contribution is 5.93. The Balaban J connectivity index is 1.61. The first-order valence-electron chi connectivity index (χ1n) is 10.1. The molecule has 3 fully saturated rings. The smallest absolute Gasteiger partial charge is 0.202 e. The molecule has 144 valence electrons. The van der Waals surface area contributed by atoms with Crippen molar-refractivity contribution in [3.05, 3.63) is 23.3 Å². The Morgan fingerprint density at radius 1 is 1.33 bits per heavy atom. The van der Waals surface area contributed by atoms with Crippen molar-refractivity contribution in [3.8, 4) is 11.5 Å². The van der Waals surface area contributed by atoms with E-state index in [-0.39, 0.29) is 24.0 Å². The zero-order valence-corrected chi connectivity index (χ0v) is 15.5. The molecule has 6 atom stereocenters. The number of rotatable bonds is 2. The Kier molecular flexibility index (Phi) is 2.83. The Morgan fingerprint density at radius 3 is 2.85 bits per heavy atom. The van der Waals surface area contributed by atoms with Gasteiger partial charge in [0.25, 0.3) is 0 Å². The van der Waals surface area contributed by atoms with E-state index in [9.17, 15) is 20.1 Å². The number of hydrogen-bond donors (Lipinski definition) is 3. The van der Waals surface area contributed by atoms with Crippen molar-refractivity contribution in [1.29, 1.82) is 0 Å². The van der Waals surface area contributed by atoms with Gasteiger partial charge in [-0.05, 0) is 24.5 Å². The zero-order valence-electron chi connectivity index (χ0n) is 15.5. The van der Waals surface area contributed by atoms with Crippen LogP contribution in [-0.2, 0) is 16.6 Å². The molecule has 1 saturated heterocycles. The molecule has 0 aromatic heterocycles. The molecule has 5 aliphatic rings. The van der Waals surface area contributed by atoms with Gasteiger partial charge in [0.1, 0.15) is 17.7 Å². The second kappa shape index (κ2) is 4.67. The number of phenolic OH excluding ortho intramolecular Hbond substituents is 1. The van der Waals surface area contributed by atoms with Crippen molar-refractivity contribution < 1.29 is 29.3 Å². The van der Waals surface area contributed by atoms with Crippen LogP contribution in [0, 0.1) is 5.92 Å². The van der Waals surface area contributed by atoms with E-state index < -0.39 is 23.2 Å². The van der Waals surface area contributed by atoms with Crippen molar-refractivity contribution in [2.24, 2.45) is 5.92 Å². The average Bonchev–Trinajstić information content (AvgIpc) is 3.34. The molecule has 0 radical (unpaired) electrons. The van der Waals surface area contributed by atoms with E-state index >= 15 is 0 Å². The van der Waals surface area contributed by atoms with Gasteiger partial charge in [0.05, 0.1) is 25.6 Å². The molecule has 6 nitrogen and oxygen atoms in total. The first kappa shape index (κ1) is 16.3. The van der Waals surface area contributed by atoms with Crippen LogP contribution in [0.4, 0.5) is 0 Å². The van der Waals surface area contributed by atoms with Crippen molar-refractivity contribution in [2.75, 3.05) is 20.1 Å². The molecule has 2 heterocycles. The minimum atomic E-state index is -1.22. The third kappa shape index (κ3) is 1.71. The molecule has 1 spiro atoms. The van der Waals surface area contributed by atoms with E-state index in [0.717, 1.165) is 34.6 Å². The van der Waals surface area contributed by atoms with Gasteiger partial charge in [-0.1, -0.05) is 6.07 Å². The maximum absolute atomic E-state index is 12.9. The molecule has 2 saturated carbocycles. The topological polar surface area (TPSA) is 87.0 Å². The van der Waals surface area contributed by atoms with Gasteiger partial charge >= 0.3 is 0 Å². The number of benzene rings is 1. The molecule has 2 bridgehead atoms. The van der Waals surface area contributed by atoms with Gasteiger partial charge in [0, 0.05) is 30.7 Å². The molecule has 6 rings (SSSR count). The van der Waals surface area contributed by atoms with E-state index in [2.05, 4.69) is 7.05 Å². The highest BCUT2D eigenvalue weighted by Gasteiger charge is 2.78. The molecular formula is C21H26NO5+. The Bertz CT molecular complexity index is 882. The van der Waals surface area contributed by atoms with Crippen LogP contribution in [-0.4, -0.2) is 69.6 Å². The number of aliphatic hydroxyl groups excluding tert-OH is 1. The highest BCUT2D eigenvalue weighted by Crippen LogP contribution is 2.65. The number of carbonyl (C=O) groups is 1. The van der Waals surface area contributed by atoms with Gasteiger partial charge in [-0.2, -0.15) is 0 Å². The van der Waals surface area contributed by atoms with Crippen LogP contribution < -0.4 is 4.74 Å². The van der Waals surface area contributed by atoms with Crippen LogP contribution in [0.2, 0.25) is 0 Å². The van der Waals surface area contributed by atoms with Gasteiger partial charge in [0.2, 0.25) is 5.78 Å². The predicted molar refractivity (Wildman–Crippen MR) is 95.5 cm³/mol. The number of likely N-dealkylation sites (tertiary alicyclic amines) is 1. The van der Waals surface area contributed by atoms with Crippen LogP contribution in [0.3, 0.4) is 0 Å². The summed E-state index contributed by atoms with van der Waals surface area (Å²) in [5, 5.41) is 33.1. The van der Waals surface area contributed by atoms with Crippen molar-refractivity contribution in [1.82, 2.24) is 0 Å². The van der Waals surface area contributed by atoms with Crippen molar-refractivity contribution in [3.63, 3.8) is 0 Å². The largest absolute Gasteiger partial charge is 0.504 e. The summed E-state index contributed by atoms with van der Waals surface area (Å²) in [5.41, 5.74) is -0.163. The summed E-state index contributed by atoms with van der Waals surface area (Å²) in [5.74, 6) is 0.715. The quantitative estimate of drug-likeness (QED) is 0.664. The Morgan fingerprint density at radius 2 is 2.11 bits per heavy atom. The van der Waals surface area contributed by atoms with Gasteiger partial charge in [-0.3, -0.25) is 4.79 Å². The van der Waals surface area contributed by atoms with Crippen LogP contribution in [0.1, 0.15) is 36.8 Å². The minimum absolute atomic E-state index is 0.0152. The van der Waals surface area contributed by atoms with Gasteiger partial charge in [-0.15, -0.1) is 0 Å². The fourth-order valence-electron chi connectivity index (χ4n) is 6.95. The number of hydrogen-bond acceptors (Lipinski definition) is 5. The minimum Gasteiger partial charge on any atom is -0.504 e. The van der Waals surface area contributed by atoms with E-state index in [1.807, 2.05) is 6.07 Å². The Hall–Kier alpha value is -1.63. The second-order valence-electron chi connectivity index (χ2n) is 9.76. The molecular weight excluding hydrogens is 346 g/mol. The lowest BCUT2D eigenvalue weighted by atomic mass is 9.48. The fourth-order valence-corrected chi connectivity index (χ4v) is 6.95. The van der Waals surface area contributed by atoms with Crippen LogP contribution in [0.25, 0.3) is 0 Å². The normalized spacial score (nSPS) is 46.8. The molecule has 1 unspecified atom stereocenters. The lowest BCUT2D eigenvalue weighted by Crippen LogP contribution is -2.82. The SMILES string of the molecule is C[N@+]1(CC2CC2)CC[C@]23c4c5ccc(O)c4O[C@H]2C(=O)C(O)C[C@@]3(O)[C@H]1C5. The summed E-state index contributed by atoms with van der Waals surface area (Å²) in [6.07, 6.45) is 1.75. The zero-order chi connectivity index (χ0) is 18.8. The molecule has 0 amide bonds. The number of likely N-dealkylation sites (N-methyl/N-ethyl adjacent to an activating group) is 1. The summed E-state index contributed by atoms with van der Waals surface area (Å²) in [6, 6.07) is 3.48. The fraction of sp³-hybridized carbons (Fsp3) is 0.667. The first-order chi connectivity index (χ1) is 12.8. The van der Waals surface area contributed by atoms with E-state index in [1.54, 1.807) is 6.07 Å². The van der Waals surface area contributed by atoms with Crippen molar-refractivity contribution >= 4 is 5.78 Å². The summed E-state index contributed by atoms with van der Waals surface area (Å²) in [7, 11) is 2.23. The van der Waals surface area contributed by atoms with Crippen LogP contribution >= 0.6 is 0 Å². The van der Waals surface area contributed by atoms with E-state index in [4.69, 9.17) is 4.74 Å². The molecule has 3 N–H and O–H groups in total. The molecule has 27 heavy (non-hydrogen) atoms. The first-order valence-corrected chi connectivity index (χ1v) is 10.1. The van der Waals surface area contributed by atoms with Gasteiger partial charge < -0.3 is 24.5 Å². The number of ketones is 1. The monoisotopic (exact) mass is 372 g/mol. The lowest BCUT2D eigenvalue weighted by molar-refractivity contribution is -0.950. The molecule has 6 heteroatoms.